The highest BCUT2D eigenvalue weighted by molar-refractivity contribution is 7.89. The minimum absolute atomic E-state index is 0.0326. The zero-order valence-corrected chi connectivity index (χ0v) is 12.1. The van der Waals surface area contributed by atoms with Crippen LogP contribution in [0, 0.1) is 0 Å². The van der Waals surface area contributed by atoms with E-state index in [1.165, 1.54) is 12.1 Å². The average Bonchev–Trinajstić information content (AvgIpc) is 2.84. The van der Waals surface area contributed by atoms with Crippen LogP contribution in [0.25, 0.3) is 0 Å². The van der Waals surface area contributed by atoms with Gasteiger partial charge in [0.25, 0.3) is 0 Å². The van der Waals surface area contributed by atoms with Crippen molar-refractivity contribution in [3.63, 3.8) is 0 Å². The van der Waals surface area contributed by atoms with Crippen molar-refractivity contribution in [1.82, 2.24) is 4.72 Å². The molecule has 21 heavy (non-hydrogen) atoms. The van der Waals surface area contributed by atoms with Gasteiger partial charge in [0.2, 0.25) is 15.9 Å². The van der Waals surface area contributed by atoms with Crippen LogP contribution in [0.4, 0.5) is 5.69 Å². The first-order valence-electron chi connectivity index (χ1n) is 6.52. The molecule has 0 saturated carbocycles. The average molecular weight is 312 g/mol. The van der Waals surface area contributed by atoms with E-state index < -0.39 is 16.0 Å². The van der Waals surface area contributed by atoms with Crippen LogP contribution in [-0.4, -0.2) is 38.5 Å². The normalized spacial score (nSPS) is 15.4. The predicted molar refractivity (Wildman–Crippen MR) is 75.5 cm³/mol. The molecule has 0 atom stereocenters. The number of carbonyl (C=O) groups excluding carboxylic acids is 1. The highest BCUT2D eigenvalue weighted by Gasteiger charge is 2.22. The smallest absolute Gasteiger partial charge is 0.304 e. The summed E-state index contributed by atoms with van der Waals surface area (Å²) in [6.07, 6.45) is 1.03. The number of carbonyl (C=O) groups is 2. The molecule has 1 heterocycles. The lowest BCUT2D eigenvalue weighted by Gasteiger charge is -2.16. The monoisotopic (exact) mass is 312 g/mol. The highest BCUT2D eigenvalue weighted by atomic mass is 32.2. The summed E-state index contributed by atoms with van der Waals surface area (Å²) < 4.78 is 26.1. The molecule has 1 aliphatic heterocycles. The van der Waals surface area contributed by atoms with Crippen molar-refractivity contribution in [2.75, 3.05) is 18.0 Å². The number of aliphatic carboxylic acids is 1. The van der Waals surface area contributed by atoms with Gasteiger partial charge in [0.15, 0.2) is 0 Å². The molecule has 0 aliphatic carbocycles. The largest absolute Gasteiger partial charge is 0.481 e. The van der Waals surface area contributed by atoms with Crippen LogP contribution in [-0.2, 0) is 19.6 Å². The molecule has 1 aliphatic rings. The third-order valence-electron chi connectivity index (χ3n) is 3.16. The van der Waals surface area contributed by atoms with E-state index in [-0.39, 0.29) is 23.8 Å². The molecule has 2 rings (SSSR count). The number of nitrogens with one attached hydrogen (secondary N) is 1. The Morgan fingerprint density at radius 3 is 2.48 bits per heavy atom. The first kappa shape index (κ1) is 15.5. The molecule has 1 aromatic carbocycles. The lowest BCUT2D eigenvalue weighted by molar-refractivity contribution is -0.136. The maximum atomic E-state index is 11.9. The Morgan fingerprint density at radius 1 is 1.29 bits per heavy atom. The van der Waals surface area contributed by atoms with Crippen molar-refractivity contribution in [2.24, 2.45) is 0 Å². The molecule has 8 heteroatoms. The lowest BCUT2D eigenvalue weighted by Crippen LogP contribution is -2.26. The van der Waals surface area contributed by atoms with Gasteiger partial charge in [-0.05, 0) is 30.7 Å². The number of benzene rings is 1. The first-order valence-corrected chi connectivity index (χ1v) is 8.00. The summed E-state index contributed by atoms with van der Waals surface area (Å²) in [4.78, 5) is 23.6. The van der Waals surface area contributed by atoms with Crippen LogP contribution in [0.5, 0.6) is 0 Å². The number of amides is 1. The van der Waals surface area contributed by atoms with E-state index in [1.54, 1.807) is 17.0 Å². The number of carboxylic acids is 1. The fourth-order valence-corrected chi connectivity index (χ4v) is 3.13. The van der Waals surface area contributed by atoms with Crippen LogP contribution in [0.15, 0.2) is 29.2 Å². The van der Waals surface area contributed by atoms with Crippen molar-refractivity contribution in [2.45, 2.75) is 24.2 Å². The van der Waals surface area contributed by atoms with Gasteiger partial charge in [0.1, 0.15) is 0 Å². The molecule has 1 aromatic rings. The summed E-state index contributed by atoms with van der Waals surface area (Å²) in [6, 6.07) is 5.97. The standard InChI is InChI=1S/C13H16N2O5S/c16-12-2-1-9-15(12)10-3-5-11(6-4-10)21(19,20)14-8-7-13(17)18/h3-6,14H,1-2,7-9H2,(H,17,18). The van der Waals surface area contributed by atoms with Crippen molar-refractivity contribution in [3.05, 3.63) is 24.3 Å². The van der Waals surface area contributed by atoms with E-state index in [2.05, 4.69) is 4.72 Å². The summed E-state index contributed by atoms with van der Waals surface area (Å²) in [5, 5.41) is 8.49. The van der Waals surface area contributed by atoms with Crippen LogP contribution in [0.3, 0.4) is 0 Å². The molecule has 0 bridgehead atoms. The Kier molecular flexibility index (Phi) is 4.59. The SMILES string of the molecule is O=C(O)CCNS(=O)(=O)c1ccc(N2CCCC2=O)cc1. The van der Waals surface area contributed by atoms with Crippen molar-refractivity contribution in [3.8, 4) is 0 Å². The van der Waals surface area contributed by atoms with Gasteiger partial charge >= 0.3 is 5.97 Å². The summed E-state index contributed by atoms with van der Waals surface area (Å²) >= 11 is 0. The zero-order chi connectivity index (χ0) is 15.5. The molecule has 0 aromatic heterocycles. The minimum Gasteiger partial charge on any atom is -0.481 e. The topological polar surface area (TPSA) is 104 Å². The van der Waals surface area contributed by atoms with E-state index in [0.717, 1.165) is 6.42 Å². The quantitative estimate of drug-likeness (QED) is 0.799. The molecule has 0 unspecified atom stereocenters. The van der Waals surface area contributed by atoms with E-state index in [1.807, 2.05) is 0 Å². The third-order valence-corrected chi connectivity index (χ3v) is 4.64. The third kappa shape index (κ3) is 3.79. The number of hydrogen-bond acceptors (Lipinski definition) is 4. The second-order valence-electron chi connectivity index (χ2n) is 4.68. The Bertz CT molecular complexity index is 639. The van der Waals surface area contributed by atoms with Crippen molar-refractivity contribution >= 4 is 27.6 Å². The molecular formula is C13H16N2O5S. The van der Waals surface area contributed by atoms with Crippen LogP contribution >= 0.6 is 0 Å². The van der Waals surface area contributed by atoms with E-state index >= 15 is 0 Å². The predicted octanol–water partition coefficient (Wildman–Crippen LogP) is 0.566. The zero-order valence-electron chi connectivity index (χ0n) is 11.3. The Labute approximate surface area is 122 Å². The fraction of sp³-hybridized carbons (Fsp3) is 0.385. The Balaban J connectivity index is 2.07. The van der Waals surface area contributed by atoms with Crippen molar-refractivity contribution < 1.29 is 23.1 Å². The molecule has 0 radical (unpaired) electrons. The number of nitrogens with zero attached hydrogens (tertiary/aromatic N) is 1. The van der Waals surface area contributed by atoms with Crippen molar-refractivity contribution in [1.29, 1.82) is 0 Å². The number of hydrogen-bond donors (Lipinski definition) is 2. The van der Waals surface area contributed by atoms with E-state index in [0.29, 0.717) is 18.7 Å². The van der Waals surface area contributed by atoms with Gasteiger partial charge in [-0.25, -0.2) is 13.1 Å². The number of sulfonamides is 1. The van der Waals surface area contributed by atoms with Crippen LogP contribution < -0.4 is 9.62 Å². The van der Waals surface area contributed by atoms with Gasteiger partial charge in [-0.15, -0.1) is 0 Å². The Hall–Kier alpha value is -1.93. The molecule has 0 spiro atoms. The second kappa shape index (κ2) is 6.23. The molecular weight excluding hydrogens is 296 g/mol. The summed E-state index contributed by atoms with van der Waals surface area (Å²) in [5.74, 6) is -1.04. The van der Waals surface area contributed by atoms with Gasteiger partial charge < -0.3 is 10.0 Å². The van der Waals surface area contributed by atoms with Gasteiger partial charge in [0, 0.05) is 25.2 Å². The molecule has 1 fully saturated rings. The maximum Gasteiger partial charge on any atom is 0.304 e. The maximum absolute atomic E-state index is 11.9. The molecule has 114 valence electrons. The molecule has 1 saturated heterocycles. The second-order valence-corrected chi connectivity index (χ2v) is 6.45. The number of anilines is 1. The van der Waals surface area contributed by atoms with Gasteiger partial charge in [-0.3, -0.25) is 9.59 Å². The summed E-state index contributed by atoms with van der Waals surface area (Å²) in [5.41, 5.74) is 0.669. The Morgan fingerprint density at radius 2 is 1.95 bits per heavy atom. The molecule has 1 amide bonds. The number of carboxylic acid groups (broad SMARTS) is 1. The van der Waals surface area contributed by atoms with Gasteiger partial charge in [-0.2, -0.15) is 0 Å². The lowest BCUT2D eigenvalue weighted by atomic mass is 10.3. The molecule has 7 nitrogen and oxygen atoms in total. The first-order chi connectivity index (χ1) is 9.90. The van der Waals surface area contributed by atoms with Gasteiger partial charge in [-0.1, -0.05) is 0 Å². The van der Waals surface area contributed by atoms with Crippen LogP contribution in [0.2, 0.25) is 0 Å². The summed E-state index contributed by atoms with van der Waals surface area (Å²) in [7, 11) is -3.73. The van der Waals surface area contributed by atoms with Crippen LogP contribution in [0.1, 0.15) is 19.3 Å². The van der Waals surface area contributed by atoms with E-state index in [9.17, 15) is 18.0 Å². The minimum atomic E-state index is -3.73. The van der Waals surface area contributed by atoms with E-state index in [4.69, 9.17) is 5.11 Å². The molecule has 2 N–H and O–H groups in total. The number of rotatable bonds is 6. The van der Waals surface area contributed by atoms with Gasteiger partial charge in [0.05, 0.1) is 11.3 Å². The summed E-state index contributed by atoms with van der Waals surface area (Å²) in [6.45, 7) is 0.478. The highest BCUT2D eigenvalue weighted by Crippen LogP contribution is 2.22. The fourth-order valence-electron chi connectivity index (χ4n) is 2.10.